The zero-order valence-electron chi connectivity index (χ0n) is 14.8. The van der Waals surface area contributed by atoms with Gasteiger partial charge in [0.25, 0.3) is 12.4 Å². The fourth-order valence-electron chi connectivity index (χ4n) is 2.17. The number of hydrogen-bond acceptors (Lipinski definition) is 5. The lowest BCUT2D eigenvalue weighted by Crippen LogP contribution is -2.41. The molecule has 0 spiro atoms. The summed E-state index contributed by atoms with van der Waals surface area (Å²) in [5, 5.41) is 3.39. The molecule has 0 fully saturated rings. The van der Waals surface area contributed by atoms with Crippen molar-refractivity contribution in [3.63, 3.8) is 0 Å². The van der Waals surface area contributed by atoms with Crippen LogP contribution in [-0.4, -0.2) is 21.6 Å². The summed E-state index contributed by atoms with van der Waals surface area (Å²) in [6.07, 6.45) is -4.94. The highest BCUT2D eigenvalue weighted by Crippen LogP contribution is 2.30. The average molecular weight is 424 g/mol. The van der Waals surface area contributed by atoms with Crippen LogP contribution in [0.4, 0.5) is 17.6 Å². The second kappa shape index (κ2) is 8.05. The molecule has 1 heterocycles. The van der Waals surface area contributed by atoms with Crippen molar-refractivity contribution < 1.29 is 27.1 Å². The molecular formula is C16H14ClF4N3O4. The Kier molecular flexibility index (Phi) is 6.17. The highest BCUT2D eigenvalue weighted by Gasteiger charge is 2.35. The van der Waals surface area contributed by atoms with Gasteiger partial charge < -0.3 is 9.57 Å². The van der Waals surface area contributed by atoms with E-state index in [1.165, 1.54) is 0 Å². The van der Waals surface area contributed by atoms with Crippen LogP contribution < -0.4 is 16.0 Å². The molecule has 1 aromatic heterocycles. The van der Waals surface area contributed by atoms with Crippen LogP contribution in [0.5, 0.6) is 5.75 Å². The van der Waals surface area contributed by atoms with Crippen LogP contribution >= 0.6 is 11.6 Å². The van der Waals surface area contributed by atoms with Gasteiger partial charge in [0, 0.05) is 19.2 Å². The lowest BCUT2D eigenvalue weighted by molar-refractivity contribution is -0.144. The number of nitrogens with zero attached hydrogens (tertiary/aromatic N) is 3. The first-order chi connectivity index (χ1) is 12.9. The number of alkyl halides is 3. The van der Waals surface area contributed by atoms with E-state index in [9.17, 15) is 27.2 Å². The summed E-state index contributed by atoms with van der Waals surface area (Å²) in [5.41, 5.74) is -4.27. The second-order valence-electron chi connectivity index (χ2n) is 5.71. The van der Waals surface area contributed by atoms with E-state index >= 15 is 0 Å². The van der Waals surface area contributed by atoms with Crippen molar-refractivity contribution in [2.45, 2.75) is 20.0 Å². The Hall–Kier alpha value is -2.82. The number of benzene rings is 1. The van der Waals surface area contributed by atoms with Gasteiger partial charge in [0.15, 0.2) is 0 Å². The molecule has 1 aromatic carbocycles. The molecule has 0 unspecified atom stereocenters. The van der Waals surface area contributed by atoms with E-state index in [1.807, 2.05) is 0 Å². The molecule has 0 aliphatic rings. The maximum Gasteiger partial charge on any atom is 0.431 e. The molecule has 0 aliphatic heterocycles. The van der Waals surface area contributed by atoms with Crippen molar-refractivity contribution in [2.75, 3.05) is 6.79 Å². The first-order valence-electron chi connectivity index (χ1n) is 7.59. The minimum Gasteiger partial charge on any atom is -0.454 e. The summed E-state index contributed by atoms with van der Waals surface area (Å²) in [7, 11) is 0.811. The van der Waals surface area contributed by atoms with E-state index in [2.05, 4.69) is 5.16 Å². The third kappa shape index (κ3) is 4.53. The lowest BCUT2D eigenvalue weighted by atomic mass is 10.2. The largest absolute Gasteiger partial charge is 0.454 e. The molecule has 0 saturated heterocycles. The third-order valence-corrected chi connectivity index (χ3v) is 3.66. The summed E-state index contributed by atoms with van der Waals surface area (Å²) in [6.45, 7) is 2.90. The average Bonchev–Trinajstić information content (AvgIpc) is 2.56. The normalized spacial score (nSPS) is 11.3. The summed E-state index contributed by atoms with van der Waals surface area (Å²) in [4.78, 5) is 29.2. The maximum atomic E-state index is 14.3. The Morgan fingerprint density at radius 2 is 1.86 bits per heavy atom. The van der Waals surface area contributed by atoms with Crippen LogP contribution in [-0.2, 0) is 18.1 Å². The number of aromatic nitrogens is 2. The second-order valence-corrected chi connectivity index (χ2v) is 6.11. The number of ether oxygens (including phenoxy) is 1. The van der Waals surface area contributed by atoms with Gasteiger partial charge in [-0.1, -0.05) is 16.8 Å². The first kappa shape index (κ1) is 21.5. The molecular weight excluding hydrogens is 410 g/mol. The zero-order chi connectivity index (χ0) is 21.2. The molecule has 2 rings (SSSR count). The highest BCUT2D eigenvalue weighted by atomic mass is 35.5. The number of rotatable bonds is 5. The molecule has 152 valence electrons. The molecule has 0 amide bonds. The molecule has 7 nitrogen and oxygen atoms in total. The minimum absolute atomic E-state index is 0.170. The molecule has 0 radical (unpaired) electrons. The van der Waals surface area contributed by atoms with Crippen molar-refractivity contribution in [3.05, 3.63) is 55.6 Å². The van der Waals surface area contributed by atoms with Gasteiger partial charge in [0.05, 0.1) is 16.4 Å². The van der Waals surface area contributed by atoms with Crippen molar-refractivity contribution in [1.29, 1.82) is 0 Å². The van der Waals surface area contributed by atoms with Crippen molar-refractivity contribution in [1.82, 2.24) is 9.13 Å². The lowest BCUT2D eigenvalue weighted by Gasteiger charge is -2.15. The summed E-state index contributed by atoms with van der Waals surface area (Å²) in [5.74, 6) is -1.28. The van der Waals surface area contributed by atoms with Gasteiger partial charge in [-0.2, -0.15) is 13.2 Å². The standard InChI is InChI=1S/C16H14ClF4N3O4/c1-8(2)22-28-7-27-12-5-11(10(18)4-9(12)17)24-14(25)6-13(16(19,20)21)23(3)15(24)26/h4-6H,7H2,1-3H3. The molecule has 0 aliphatic carbocycles. The molecule has 2 aromatic rings. The molecule has 0 saturated carbocycles. The van der Waals surface area contributed by atoms with E-state index in [-0.39, 0.29) is 26.0 Å². The van der Waals surface area contributed by atoms with Gasteiger partial charge in [-0.15, -0.1) is 0 Å². The van der Waals surface area contributed by atoms with Crippen LogP contribution in [0.25, 0.3) is 5.69 Å². The molecule has 28 heavy (non-hydrogen) atoms. The highest BCUT2D eigenvalue weighted by molar-refractivity contribution is 6.32. The van der Waals surface area contributed by atoms with Gasteiger partial charge in [-0.05, 0) is 19.9 Å². The SMILES string of the molecule is CC(C)=NOCOc1cc(-n2c(=O)cc(C(F)(F)F)n(C)c2=O)c(F)cc1Cl. The predicted octanol–water partition coefficient (Wildman–Crippen LogP) is 3.10. The van der Waals surface area contributed by atoms with Crippen molar-refractivity contribution >= 4 is 17.3 Å². The Morgan fingerprint density at radius 1 is 1.21 bits per heavy atom. The predicted molar refractivity (Wildman–Crippen MR) is 92.6 cm³/mol. The number of oxime groups is 1. The fraction of sp³-hybridized carbons (Fsp3) is 0.312. The fourth-order valence-corrected chi connectivity index (χ4v) is 2.37. The van der Waals surface area contributed by atoms with Crippen LogP contribution in [0.1, 0.15) is 19.5 Å². The van der Waals surface area contributed by atoms with Crippen LogP contribution in [0.15, 0.2) is 32.9 Å². The van der Waals surface area contributed by atoms with Gasteiger partial charge >= 0.3 is 11.9 Å². The monoisotopic (exact) mass is 423 g/mol. The quantitative estimate of drug-likeness (QED) is 0.243. The Bertz CT molecular complexity index is 1040. The zero-order valence-corrected chi connectivity index (χ0v) is 15.6. The minimum atomic E-state index is -4.94. The summed E-state index contributed by atoms with van der Waals surface area (Å²) < 4.78 is 58.7. The smallest absolute Gasteiger partial charge is 0.431 e. The maximum absolute atomic E-state index is 14.3. The van der Waals surface area contributed by atoms with Gasteiger partial charge in [0.1, 0.15) is 17.3 Å². The molecule has 0 N–H and O–H groups in total. The van der Waals surface area contributed by atoms with Crippen LogP contribution in [0, 0.1) is 5.82 Å². The van der Waals surface area contributed by atoms with Crippen molar-refractivity contribution in [3.8, 4) is 11.4 Å². The van der Waals surface area contributed by atoms with E-state index in [1.54, 1.807) is 13.8 Å². The van der Waals surface area contributed by atoms with Gasteiger partial charge in [0.2, 0.25) is 0 Å². The topological polar surface area (TPSA) is 74.8 Å². The van der Waals surface area contributed by atoms with E-state index in [0.717, 1.165) is 19.2 Å². The number of halogens is 5. The van der Waals surface area contributed by atoms with E-state index in [0.29, 0.717) is 5.71 Å². The van der Waals surface area contributed by atoms with Crippen LogP contribution in [0.2, 0.25) is 5.02 Å². The van der Waals surface area contributed by atoms with Gasteiger partial charge in [-0.3, -0.25) is 9.36 Å². The third-order valence-electron chi connectivity index (χ3n) is 3.37. The Morgan fingerprint density at radius 3 is 2.43 bits per heavy atom. The van der Waals surface area contributed by atoms with E-state index < -0.39 is 41.4 Å². The van der Waals surface area contributed by atoms with Gasteiger partial charge in [-0.25, -0.2) is 13.8 Å². The first-order valence-corrected chi connectivity index (χ1v) is 7.97. The summed E-state index contributed by atoms with van der Waals surface area (Å²) in [6, 6.07) is 1.85. The van der Waals surface area contributed by atoms with E-state index in [4.69, 9.17) is 21.2 Å². The molecule has 0 bridgehead atoms. The Labute approximate surface area is 160 Å². The molecule has 12 heteroatoms. The van der Waals surface area contributed by atoms with Crippen LogP contribution in [0.3, 0.4) is 0 Å². The number of hydrogen-bond donors (Lipinski definition) is 0. The van der Waals surface area contributed by atoms with Crippen molar-refractivity contribution in [2.24, 2.45) is 12.2 Å². The molecule has 0 atom stereocenters. The summed E-state index contributed by atoms with van der Waals surface area (Å²) >= 11 is 5.85. The Balaban J connectivity index is 2.55.